The molecule has 0 aromatic heterocycles. The van der Waals surface area contributed by atoms with Crippen LogP contribution < -0.4 is 0 Å². The Labute approximate surface area is 142 Å². The molecule has 1 aliphatic heterocycles. The minimum Gasteiger partial charge on any atom is -0.294 e. The van der Waals surface area contributed by atoms with Gasteiger partial charge in [0.15, 0.2) is 17.4 Å². The van der Waals surface area contributed by atoms with Crippen molar-refractivity contribution >= 4 is 15.8 Å². The van der Waals surface area contributed by atoms with Crippen LogP contribution in [0.3, 0.4) is 0 Å². The molecule has 1 aliphatic rings. The van der Waals surface area contributed by atoms with Gasteiger partial charge in [-0.05, 0) is 19.1 Å². The van der Waals surface area contributed by atoms with E-state index in [0.29, 0.717) is 6.07 Å². The van der Waals surface area contributed by atoms with Crippen molar-refractivity contribution in [2.45, 2.75) is 24.8 Å². The Hall–Kier alpha value is -2.19. The monoisotopic (exact) mass is 369 g/mol. The molecule has 0 amide bonds. The molecule has 0 saturated carbocycles. The predicted octanol–water partition coefficient (Wildman–Crippen LogP) is 3.19. The summed E-state index contributed by atoms with van der Waals surface area (Å²) < 4.78 is 67.9. The smallest absolute Gasteiger partial charge is 0.243 e. The van der Waals surface area contributed by atoms with E-state index < -0.39 is 50.9 Å². The zero-order chi connectivity index (χ0) is 18.4. The summed E-state index contributed by atoms with van der Waals surface area (Å²) in [6.07, 6.45) is -0.363. The Kier molecular flexibility index (Phi) is 4.42. The second-order valence-electron chi connectivity index (χ2n) is 5.83. The minimum atomic E-state index is -4.01. The van der Waals surface area contributed by atoms with E-state index in [0.717, 1.165) is 9.87 Å². The van der Waals surface area contributed by atoms with Gasteiger partial charge in [-0.2, -0.15) is 4.31 Å². The van der Waals surface area contributed by atoms with Crippen LogP contribution in [0.5, 0.6) is 0 Å². The van der Waals surface area contributed by atoms with Gasteiger partial charge >= 0.3 is 0 Å². The van der Waals surface area contributed by atoms with Gasteiger partial charge in [0.05, 0.1) is 10.5 Å². The fourth-order valence-corrected chi connectivity index (χ4v) is 4.16. The molecule has 0 unspecified atom stereocenters. The molecule has 0 saturated heterocycles. The van der Waals surface area contributed by atoms with Crippen LogP contribution in [0.4, 0.5) is 13.2 Å². The van der Waals surface area contributed by atoms with Crippen LogP contribution in [-0.4, -0.2) is 25.1 Å². The van der Waals surface area contributed by atoms with Crippen LogP contribution in [0.1, 0.15) is 27.9 Å². The van der Waals surface area contributed by atoms with Crippen molar-refractivity contribution in [3.63, 3.8) is 0 Å². The second-order valence-corrected chi connectivity index (χ2v) is 7.77. The molecule has 3 rings (SSSR count). The van der Waals surface area contributed by atoms with Crippen LogP contribution in [-0.2, 0) is 16.6 Å². The third-order valence-electron chi connectivity index (χ3n) is 4.13. The molecule has 4 nitrogen and oxygen atoms in total. The standard InChI is InChI=1S/C17H14F3NO3S/c1-10-2-4-11(5-3-10)25(23,24)21-7-6-15(22)16-12(9-21)13(18)8-14(19)17(16)20/h2-5,8H,6-7,9H2,1H3. The van der Waals surface area contributed by atoms with E-state index in [9.17, 15) is 26.4 Å². The van der Waals surface area contributed by atoms with Crippen LogP contribution >= 0.6 is 0 Å². The lowest BCUT2D eigenvalue weighted by Gasteiger charge is -2.20. The van der Waals surface area contributed by atoms with Gasteiger partial charge in [-0.3, -0.25) is 4.79 Å². The molecule has 0 N–H and O–H groups in total. The van der Waals surface area contributed by atoms with Gasteiger partial charge in [0.25, 0.3) is 0 Å². The first kappa shape index (κ1) is 17.6. The molecular formula is C17H14F3NO3S. The summed E-state index contributed by atoms with van der Waals surface area (Å²) in [4.78, 5) is 12.1. The molecule has 0 fully saturated rings. The van der Waals surface area contributed by atoms with Gasteiger partial charge in [0.1, 0.15) is 5.82 Å². The molecular weight excluding hydrogens is 355 g/mol. The second kappa shape index (κ2) is 6.27. The number of nitrogens with zero attached hydrogens (tertiary/aromatic N) is 1. The van der Waals surface area contributed by atoms with Crippen molar-refractivity contribution in [1.82, 2.24) is 4.31 Å². The predicted molar refractivity (Wildman–Crippen MR) is 84.0 cm³/mol. The Morgan fingerprint density at radius 3 is 2.32 bits per heavy atom. The molecule has 0 atom stereocenters. The van der Waals surface area contributed by atoms with Crippen LogP contribution in [0.25, 0.3) is 0 Å². The largest absolute Gasteiger partial charge is 0.294 e. The lowest BCUT2D eigenvalue weighted by atomic mass is 10.0. The molecule has 0 aliphatic carbocycles. The number of benzene rings is 2. The maximum absolute atomic E-state index is 14.1. The maximum atomic E-state index is 14.1. The highest BCUT2D eigenvalue weighted by Crippen LogP contribution is 2.29. The summed E-state index contributed by atoms with van der Waals surface area (Å²) in [6.45, 7) is 1.01. The van der Waals surface area contributed by atoms with Gasteiger partial charge in [-0.1, -0.05) is 17.7 Å². The average Bonchev–Trinajstić information content (AvgIpc) is 2.73. The molecule has 2 aromatic rings. The summed E-state index contributed by atoms with van der Waals surface area (Å²) in [5.41, 5.74) is -0.296. The molecule has 8 heteroatoms. The zero-order valence-electron chi connectivity index (χ0n) is 13.2. The summed E-state index contributed by atoms with van der Waals surface area (Å²) in [5.74, 6) is -4.89. The van der Waals surface area contributed by atoms with Crippen molar-refractivity contribution in [2.24, 2.45) is 0 Å². The van der Waals surface area contributed by atoms with Gasteiger partial charge < -0.3 is 0 Å². The highest BCUT2D eigenvalue weighted by atomic mass is 32.2. The minimum absolute atomic E-state index is 0.0167. The molecule has 0 spiro atoms. The van der Waals surface area contributed by atoms with Crippen LogP contribution in [0.2, 0.25) is 0 Å². The van der Waals surface area contributed by atoms with Crippen molar-refractivity contribution in [2.75, 3.05) is 6.54 Å². The first-order valence-electron chi connectivity index (χ1n) is 7.48. The fraction of sp³-hybridized carbons (Fsp3) is 0.235. The van der Waals surface area contributed by atoms with E-state index >= 15 is 0 Å². The third-order valence-corrected chi connectivity index (χ3v) is 5.99. The Balaban J connectivity index is 2.08. The highest BCUT2D eigenvalue weighted by molar-refractivity contribution is 7.89. The summed E-state index contributed by atoms with van der Waals surface area (Å²) >= 11 is 0. The van der Waals surface area contributed by atoms with Gasteiger partial charge in [-0.25, -0.2) is 21.6 Å². The van der Waals surface area contributed by atoms with Gasteiger partial charge in [-0.15, -0.1) is 0 Å². The molecule has 0 bridgehead atoms. The fourth-order valence-electron chi connectivity index (χ4n) is 2.75. The molecule has 0 radical (unpaired) electrons. The lowest BCUT2D eigenvalue weighted by Crippen LogP contribution is -2.31. The summed E-state index contributed by atoms with van der Waals surface area (Å²) in [5, 5.41) is 0. The number of hydrogen-bond donors (Lipinski definition) is 0. The van der Waals surface area contributed by atoms with Gasteiger partial charge in [0.2, 0.25) is 10.0 Å². The number of fused-ring (bicyclic) bond motifs is 1. The third kappa shape index (κ3) is 3.07. The van der Waals surface area contributed by atoms with Crippen molar-refractivity contribution < 1.29 is 26.4 Å². The number of sulfonamides is 1. The molecule has 2 aromatic carbocycles. The number of Topliss-reactive ketones (excluding diaryl/α,β-unsaturated/α-hetero) is 1. The first-order chi connectivity index (χ1) is 11.7. The number of carbonyl (C=O) groups excluding carboxylic acids is 1. The number of rotatable bonds is 2. The Morgan fingerprint density at radius 2 is 1.68 bits per heavy atom. The average molecular weight is 369 g/mol. The van der Waals surface area contributed by atoms with Crippen LogP contribution in [0, 0.1) is 24.4 Å². The van der Waals surface area contributed by atoms with Crippen molar-refractivity contribution in [3.05, 3.63) is 64.5 Å². The number of halogens is 3. The normalized spacial score (nSPS) is 15.8. The molecule has 132 valence electrons. The maximum Gasteiger partial charge on any atom is 0.243 e. The number of carbonyl (C=O) groups is 1. The van der Waals surface area contributed by atoms with Gasteiger partial charge in [0, 0.05) is 31.1 Å². The quantitative estimate of drug-likeness (QED) is 0.764. The Morgan fingerprint density at radius 1 is 1.04 bits per heavy atom. The lowest BCUT2D eigenvalue weighted by molar-refractivity contribution is 0.0976. The number of hydrogen-bond acceptors (Lipinski definition) is 3. The SMILES string of the molecule is Cc1ccc(S(=O)(=O)N2CCC(=O)c3c(F)c(F)cc(F)c3C2)cc1. The topological polar surface area (TPSA) is 54.5 Å². The van der Waals surface area contributed by atoms with E-state index in [-0.39, 0.29) is 17.9 Å². The van der Waals surface area contributed by atoms with Crippen molar-refractivity contribution in [1.29, 1.82) is 0 Å². The summed E-state index contributed by atoms with van der Waals surface area (Å²) in [6, 6.07) is 6.35. The highest BCUT2D eigenvalue weighted by Gasteiger charge is 2.33. The Bertz CT molecular complexity index is 956. The van der Waals surface area contributed by atoms with E-state index in [1.807, 2.05) is 0 Å². The molecule has 25 heavy (non-hydrogen) atoms. The number of ketones is 1. The van der Waals surface area contributed by atoms with E-state index in [1.165, 1.54) is 12.1 Å². The van der Waals surface area contributed by atoms with Crippen molar-refractivity contribution in [3.8, 4) is 0 Å². The van der Waals surface area contributed by atoms with E-state index in [2.05, 4.69) is 0 Å². The number of aryl methyl sites for hydroxylation is 1. The van der Waals surface area contributed by atoms with Crippen LogP contribution in [0.15, 0.2) is 35.2 Å². The van der Waals surface area contributed by atoms with E-state index in [4.69, 9.17) is 0 Å². The summed E-state index contributed by atoms with van der Waals surface area (Å²) in [7, 11) is -4.01. The van der Waals surface area contributed by atoms with E-state index in [1.54, 1.807) is 19.1 Å². The molecule has 1 heterocycles. The first-order valence-corrected chi connectivity index (χ1v) is 8.92. The zero-order valence-corrected chi connectivity index (χ0v) is 14.0.